The molecule has 1 saturated heterocycles. The molecule has 27 heavy (non-hydrogen) atoms. The average Bonchev–Trinajstić information content (AvgIpc) is 3.23. The summed E-state index contributed by atoms with van der Waals surface area (Å²) in [7, 11) is 0. The SMILES string of the molecule is CCc1ccc([C@H](O)[C@@H](NCc2cccc(I)c2)C(=O)N2CCCC2)cc1. The smallest absolute Gasteiger partial charge is 0.242 e. The molecule has 0 bridgehead atoms. The highest BCUT2D eigenvalue weighted by Gasteiger charge is 2.32. The van der Waals surface area contributed by atoms with Crippen LogP contribution in [0.2, 0.25) is 0 Å². The molecule has 144 valence electrons. The lowest BCUT2D eigenvalue weighted by molar-refractivity contribution is -0.135. The Morgan fingerprint density at radius 1 is 1.15 bits per heavy atom. The van der Waals surface area contributed by atoms with E-state index in [4.69, 9.17) is 0 Å². The van der Waals surface area contributed by atoms with Gasteiger partial charge in [-0.05, 0) is 70.7 Å². The van der Waals surface area contributed by atoms with Crippen LogP contribution in [-0.2, 0) is 17.8 Å². The normalized spacial score (nSPS) is 16.3. The summed E-state index contributed by atoms with van der Waals surface area (Å²) in [5.41, 5.74) is 3.11. The molecule has 0 radical (unpaired) electrons. The number of rotatable bonds is 7. The minimum atomic E-state index is -0.869. The molecule has 1 amide bonds. The molecule has 1 aliphatic rings. The van der Waals surface area contributed by atoms with Crippen LogP contribution in [0.15, 0.2) is 48.5 Å². The number of halogens is 1. The van der Waals surface area contributed by atoms with E-state index in [0.717, 1.165) is 47.0 Å². The van der Waals surface area contributed by atoms with Crippen molar-refractivity contribution < 1.29 is 9.90 Å². The van der Waals surface area contributed by atoms with Gasteiger partial charge in [0.2, 0.25) is 5.91 Å². The number of carbonyl (C=O) groups excluding carboxylic acids is 1. The molecular formula is C22H27IN2O2. The van der Waals surface area contributed by atoms with E-state index < -0.39 is 12.1 Å². The summed E-state index contributed by atoms with van der Waals surface area (Å²) < 4.78 is 1.16. The molecule has 2 N–H and O–H groups in total. The van der Waals surface area contributed by atoms with Crippen LogP contribution >= 0.6 is 22.6 Å². The first-order valence-corrected chi connectivity index (χ1v) is 10.7. The predicted molar refractivity (Wildman–Crippen MR) is 116 cm³/mol. The largest absolute Gasteiger partial charge is 0.386 e. The van der Waals surface area contributed by atoms with E-state index in [9.17, 15) is 9.90 Å². The van der Waals surface area contributed by atoms with Crippen molar-refractivity contribution in [2.45, 2.75) is 44.9 Å². The summed E-state index contributed by atoms with van der Waals surface area (Å²) in [5, 5.41) is 14.3. The maximum atomic E-state index is 13.1. The number of hydrogen-bond donors (Lipinski definition) is 2. The van der Waals surface area contributed by atoms with Crippen LogP contribution in [0.3, 0.4) is 0 Å². The Balaban J connectivity index is 1.78. The van der Waals surface area contributed by atoms with Crippen LogP contribution in [0.5, 0.6) is 0 Å². The zero-order valence-electron chi connectivity index (χ0n) is 15.7. The van der Waals surface area contributed by atoms with Crippen molar-refractivity contribution in [2.24, 2.45) is 0 Å². The number of amides is 1. The Kier molecular flexibility index (Phi) is 7.26. The second-order valence-electron chi connectivity index (χ2n) is 7.06. The number of likely N-dealkylation sites (tertiary alicyclic amines) is 1. The maximum absolute atomic E-state index is 13.1. The van der Waals surface area contributed by atoms with Gasteiger partial charge < -0.3 is 10.0 Å². The van der Waals surface area contributed by atoms with Crippen LogP contribution in [0.1, 0.15) is 42.6 Å². The number of aryl methyl sites for hydroxylation is 1. The van der Waals surface area contributed by atoms with Gasteiger partial charge in [0, 0.05) is 23.2 Å². The summed E-state index contributed by atoms with van der Waals surface area (Å²) in [6.07, 6.45) is 2.16. The molecule has 2 atom stereocenters. The average molecular weight is 478 g/mol. The van der Waals surface area contributed by atoms with Crippen LogP contribution in [0.25, 0.3) is 0 Å². The Bertz CT molecular complexity index is 757. The van der Waals surface area contributed by atoms with E-state index in [1.54, 1.807) is 0 Å². The first kappa shape index (κ1) is 20.3. The molecule has 3 rings (SSSR count). The molecule has 1 fully saturated rings. The number of benzene rings is 2. The van der Waals surface area contributed by atoms with Crippen molar-refractivity contribution in [2.75, 3.05) is 13.1 Å². The third-order valence-corrected chi connectivity index (χ3v) is 5.82. The van der Waals surface area contributed by atoms with Gasteiger partial charge in [-0.25, -0.2) is 0 Å². The lowest BCUT2D eigenvalue weighted by Gasteiger charge is -2.28. The van der Waals surface area contributed by atoms with E-state index in [0.29, 0.717) is 6.54 Å². The lowest BCUT2D eigenvalue weighted by Crippen LogP contribution is -2.48. The topological polar surface area (TPSA) is 52.6 Å². The summed E-state index contributed by atoms with van der Waals surface area (Å²) in [5.74, 6) is -0.00908. The van der Waals surface area contributed by atoms with E-state index >= 15 is 0 Å². The van der Waals surface area contributed by atoms with Crippen LogP contribution in [0, 0.1) is 3.57 Å². The molecule has 0 aliphatic carbocycles. The summed E-state index contributed by atoms with van der Waals surface area (Å²) >= 11 is 2.28. The highest BCUT2D eigenvalue weighted by atomic mass is 127. The van der Waals surface area contributed by atoms with Crippen molar-refractivity contribution >= 4 is 28.5 Å². The minimum absolute atomic E-state index is 0.00908. The predicted octanol–water partition coefficient (Wildman–Crippen LogP) is 3.67. The fourth-order valence-electron chi connectivity index (χ4n) is 3.49. The molecular weight excluding hydrogens is 451 g/mol. The second-order valence-corrected chi connectivity index (χ2v) is 8.31. The lowest BCUT2D eigenvalue weighted by atomic mass is 9.99. The van der Waals surface area contributed by atoms with Crippen LogP contribution < -0.4 is 5.32 Å². The number of hydrogen-bond acceptors (Lipinski definition) is 3. The van der Waals surface area contributed by atoms with Gasteiger partial charge in [-0.3, -0.25) is 10.1 Å². The van der Waals surface area contributed by atoms with E-state index in [2.05, 4.69) is 40.9 Å². The van der Waals surface area contributed by atoms with Crippen molar-refractivity contribution in [1.29, 1.82) is 0 Å². The zero-order chi connectivity index (χ0) is 19.2. The van der Waals surface area contributed by atoms with Gasteiger partial charge in [-0.15, -0.1) is 0 Å². The molecule has 4 nitrogen and oxygen atoms in total. The highest BCUT2D eigenvalue weighted by Crippen LogP contribution is 2.22. The monoisotopic (exact) mass is 478 g/mol. The van der Waals surface area contributed by atoms with Gasteiger partial charge in [0.25, 0.3) is 0 Å². The Hall–Kier alpha value is -1.44. The van der Waals surface area contributed by atoms with Gasteiger partial charge in [0.1, 0.15) is 12.1 Å². The Labute approximate surface area is 175 Å². The quantitative estimate of drug-likeness (QED) is 0.598. The molecule has 2 aromatic rings. The van der Waals surface area contributed by atoms with Gasteiger partial charge in [-0.1, -0.05) is 43.3 Å². The summed E-state index contributed by atoms with van der Waals surface area (Å²) in [6.45, 7) is 4.21. The molecule has 1 aliphatic heterocycles. The number of nitrogens with one attached hydrogen (secondary N) is 1. The van der Waals surface area contributed by atoms with E-state index in [-0.39, 0.29) is 5.91 Å². The van der Waals surface area contributed by atoms with Gasteiger partial charge >= 0.3 is 0 Å². The number of aliphatic hydroxyl groups is 1. The van der Waals surface area contributed by atoms with Gasteiger partial charge in [-0.2, -0.15) is 0 Å². The molecule has 1 heterocycles. The fraction of sp³-hybridized carbons (Fsp3) is 0.409. The Morgan fingerprint density at radius 3 is 2.48 bits per heavy atom. The third-order valence-electron chi connectivity index (χ3n) is 5.14. The van der Waals surface area contributed by atoms with Crippen molar-refractivity contribution in [3.05, 3.63) is 68.8 Å². The summed E-state index contributed by atoms with van der Waals surface area (Å²) in [4.78, 5) is 14.9. The molecule has 0 spiro atoms. The van der Waals surface area contributed by atoms with Gasteiger partial charge in [0.15, 0.2) is 0 Å². The third kappa shape index (κ3) is 5.30. The second kappa shape index (κ2) is 9.66. The molecule has 0 saturated carbocycles. The molecule has 2 aromatic carbocycles. The fourth-order valence-corrected chi connectivity index (χ4v) is 4.09. The first-order valence-electron chi connectivity index (χ1n) is 9.62. The van der Waals surface area contributed by atoms with E-state index in [1.165, 1.54) is 5.56 Å². The zero-order valence-corrected chi connectivity index (χ0v) is 17.9. The van der Waals surface area contributed by atoms with Crippen molar-refractivity contribution in [1.82, 2.24) is 10.2 Å². The first-order chi connectivity index (χ1) is 13.1. The molecule has 5 heteroatoms. The van der Waals surface area contributed by atoms with Crippen LogP contribution in [0.4, 0.5) is 0 Å². The highest BCUT2D eigenvalue weighted by molar-refractivity contribution is 14.1. The van der Waals surface area contributed by atoms with Gasteiger partial charge in [0.05, 0.1) is 0 Å². The maximum Gasteiger partial charge on any atom is 0.242 e. The number of aliphatic hydroxyl groups excluding tert-OH is 1. The number of carbonyl (C=O) groups is 1. The van der Waals surface area contributed by atoms with Crippen molar-refractivity contribution in [3.8, 4) is 0 Å². The van der Waals surface area contributed by atoms with Crippen molar-refractivity contribution in [3.63, 3.8) is 0 Å². The minimum Gasteiger partial charge on any atom is -0.386 e. The Morgan fingerprint density at radius 2 is 1.85 bits per heavy atom. The standard InChI is InChI=1S/C22H27IN2O2/c1-2-16-8-10-18(11-9-16)21(26)20(22(27)25-12-3-4-13-25)24-15-17-6-5-7-19(23)14-17/h5-11,14,20-21,24,26H,2-4,12-13,15H2,1H3/t20-,21+/m1/s1. The van der Waals surface area contributed by atoms with E-state index in [1.807, 2.05) is 47.4 Å². The summed E-state index contributed by atoms with van der Waals surface area (Å²) in [6, 6.07) is 15.4. The van der Waals surface area contributed by atoms with Crippen LogP contribution in [-0.4, -0.2) is 35.0 Å². The molecule has 0 unspecified atom stereocenters. The molecule has 0 aromatic heterocycles. The number of nitrogens with zero attached hydrogens (tertiary/aromatic N) is 1.